The molecule has 1 saturated heterocycles. The van der Waals surface area contributed by atoms with Crippen LogP contribution in [0.1, 0.15) is 31.0 Å². The molecule has 0 unspecified atom stereocenters. The van der Waals surface area contributed by atoms with Gasteiger partial charge in [-0.05, 0) is 25.0 Å². The molecule has 1 fully saturated rings. The van der Waals surface area contributed by atoms with Crippen LogP contribution >= 0.6 is 0 Å². The number of carbonyl (C=O) groups is 1. The minimum absolute atomic E-state index is 0.0573. The average molecular weight is 428 g/mol. The summed E-state index contributed by atoms with van der Waals surface area (Å²) in [6.45, 7) is 3.23. The van der Waals surface area contributed by atoms with Crippen molar-refractivity contribution in [1.82, 2.24) is 19.0 Å². The number of aryl methyl sites for hydroxylation is 1. The molecule has 2 aromatic heterocycles. The molecule has 0 bridgehead atoms. The Morgan fingerprint density at radius 3 is 2.84 bits per heavy atom. The van der Waals surface area contributed by atoms with Gasteiger partial charge >= 0.3 is 5.76 Å². The summed E-state index contributed by atoms with van der Waals surface area (Å²) in [5.41, 5.74) is 1.26. The molecule has 9 heteroatoms. The lowest BCUT2D eigenvalue weighted by Gasteiger charge is -2.32. The number of imidazole rings is 1. The van der Waals surface area contributed by atoms with E-state index in [1.165, 1.54) is 4.57 Å². The highest BCUT2D eigenvalue weighted by molar-refractivity contribution is 5.77. The van der Waals surface area contributed by atoms with Gasteiger partial charge in [-0.2, -0.15) is 0 Å². The first-order valence-electron chi connectivity index (χ1n) is 10.6. The van der Waals surface area contributed by atoms with Gasteiger partial charge in [0.25, 0.3) is 0 Å². The van der Waals surface area contributed by atoms with Crippen molar-refractivity contribution in [2.45, 2.75) is 38.5 Å². The number of carbonyl (C=O) groups excluding carboxylic acids is 1. The third-order valence-corrected chi connectivity index (χ3v) is 5.75. The summed E-state index contributed by atoms with van der Waals surface area (Å²) in [6.07, 6.45) is 5.70. The summed E-state index contributed by atoms with van der Waals surface area (Å²) in [5, 5.41) is 0. The van der Waals surface area contributed by atoms with Crippen LogP contribution in [0.4, 0.5) is 0 Å². The Balaban J connectivity index is 1.29. The number of oxazole rings is 1. The predicted molar refractivity (Wildman–Crippen MR) is 114 cm³/mol. The first-order valence-corrected chi connectivity index (χ1v) is 10.6. The van der Waals surface area contributed by atoms with Crippen molar-refractivity contribution in [2.24, 2.45) is 0 Å². The molecule has 3 aromatic rings. The molecule has 31 heavy (non-hydrogen) atoms. The van der Waals surface area contributed by atoms with Gasteiger partial charge in [0.15, 0.2) is 5.58 Å². The molecule has 0 spiro atoms. The number of hydrogen-bond acceptors (Lipinski definition) is 6. The number of aromatic nitrogens is 3. The van der Waals surface area contributed by atoms with E-state index in [1.54, 1.807) is 19.4 Å². The molecule has 3 heterocycles. The van der Waals surface area contributed by atoms with Crippen LogP contribution in [0.25, 0.3) is 11.1 Å². The maximum absolute atomic E-state index is 12.7. The number of rotatable bonds is 9. The maximum atomic E-state index is 12.7. The zero-order valence-corrected chi connectivity index (χ0v) is 17.7. The summed E-state index contributed by atoms with van der Waals surface area (Å²) in [4.78, 5) is 31.2. The van der Waals surface area contributed by atoms with Gasteiger partial charge < -0.3 is 23.4 Å². The van der Waals surface area contributed by atoms with Gasteiger partial charge in [-0.25, -0.2) is 9.78 Å². The first kappa shape index (κ1) is 21.3. The number of benzene rings is 1. The van der Waals surface area contributed by atoms with Gasteiger partial charge in [-0.15, -0.1) is 0 Å². The van der Waals surface area contributed by atoms with Crippen LogP contribution in [-0.2, 0) is 27.5 Å². The number of fused-ring (bicyclic) bond motifs is 1. The van der Waals surface area contributed by atoms with Crippen molar-refractivity contribution < 1.29 is 18.7 Å². The summed E-state index contributed by atoms with van der Waals surface area (Å²) in [6, 6.07) is 7.26. The molecule has 1 aliphatic rings. The van der Waals surface area contributed by atoms with Gasteiger partial charge in [0, 0.05) is 51.5 Å². The SMILES string of the molecule is COCCOCn1ccnc1C1CCN(C(=O)CCn2c(=O)oc3ccccc32)CC1. The second kappa shape index (κ2) is 9.93. The quantitative estimate of drug-likeness (QED) is 0.485. The van der Waals surface area contributed by atoms with E-state index in [0.29, 0.717) is 51.1 Å². The van der Waals surface area contributed by atoms with Gasteiger partial charge in [-0.1, -0.05) is 12.1 Å². The molecule has 1 aromatic carbocycles. The molecule has 0 N–H and O–H groups in total. The Hall–Kier alpha value is -2.91. The van der Waals surface area contributed by atoms with Crippen LogP contribution in [0, 0.1) is 0 Å². The van der Waals surface area contributed by atoms with E-state index in [0.717, 1.165) is 24.2 Å². The van der Waals surface area contributed by atoms with Crippen molar-refractivity contribution in [2.75, 3.05) is 33.4 Å². The van der Waals surface area contributed by atoms with E-state index in [9.17, 15) is 9.59 Å². The van der Waals surface area contributed by atoms with Crippen LogP contribution < -0.4 is 5.76 Å². The number of piperidine rings is 1. The van der Waals surface area contributed by atoms with Crippen molar-refractivity contribution in [1.29, 1.82) is 0 Å². The van der Waals surface area contributed by atoms with Crippen LogP contribution in [-0.4, -0.2) is 58.3 Å². The largest absolute Gasteiger partial charge is 0.419 e. The average Bonchev–Trinajstić information content (AvgIpc) is 3.39. The summed E-state index contributed by atoms with van der Waals surface area (Å²) < 4.78 is 19.4. The molecule has 1 amide bonds. The normalized spacial score (nSPS) is 15.1. The number of para-hydroxylation sites is 2. The maximum Gasteiger partial charge on any atom is 0.419 e. The molecule has 0 radical (unpaired) electrons. The zero-order chi connectivity index (χ0) is 21.6. The molecule has 9 nitrogen and oxygen atoms in total. The fourth-order valence-corrected chi connectivity index (χ4v) is 4.07. The highest BCUT2D eigenvalue weighted by Crippen LogP contribution is 2.27. The fraction of sp³-hybridized carbons (Fsp3) is 0.500. The molecule has 0 atom stereocenters. The van der Waals surface area contributed by atoms with Gasteiger partial charge in [-0.3, -0.25) is 9.36 Å². The lowest BCUT2D eigenvalue weighted by atomic mass is 9.95. The standard InChI is InChI=1S/C22H28N4O5/c1-29-14-15-30-16-25-13-9-23-21(25)17-6-10-24(11-7-17)20(27)8-12-26-18-4-2-3-5-19(18)31-22(26)28/h2-5,9,13,17H,6-8,10-12,14-16H2,1H3. The van der Waals surface area contributed by atoms with Crippen LogP contribution in [0.5, 0.6) is 0 Å². The highest BCUT2D eigenvalue weighted by Gasteiger charge is 2.26. The van der Waals surface area contributed by atoms with Crippen LogP contribution in [0.15, 0.2) is 45.9 Å². The summed E-state index contributed by atoms with van der Waals surface area (Å²) >= 11 is 0. The third kappa shape index (κ3) is 4.88. The van der Waals surface area contributed by atoms with Crippen LogP contribution in [0.3, 0.4) is 0 Å². The van der Waals surface area contributed by atoms with E-state index < -0.39 is 5.76 Å². The Kier molecular flexibility index (Phi) is 6.83. The van der Waals surface area contributed by atoms with E-state index in [2.05, 4.69) is 4.98 Å². The van der Waals surface area contributed by atoms with Crippen LogP contribution in [0.2, 0.25) is 0 Å². The molecule has 0 aliphatic carbocycles. The Bertz CT molecular complexity index is 1060. The topological polar surface area (TPSA) is 91.7 Å². The predicted octanol–water partition coefficient (Wildman–Crippen LogP) is 2.21. The third-order valence-electron chi connectivity index (χ3n) is 5.75. The minimum Gasteiger partial charge on any atom is -0.408 e. The van der Waals surface area contributed by atoms with Crippen molar-refractivity contribution in [3.63, 3.8) is 0 Å². The number of ether oxygens (including phenoxy) is 2. The fourth-order valence-electron chi connectivity index (χ4n) is 4.07. The molecule has 0 saturated carbocycles. The minimum atomic E-state index is -0.424. The number of amides is 1. The van der Waals surface area contributed by atoms with E-state index in [-0.39, 0.29) is 12.3 Å². The first-order chi connectivity index (χ1) is 15.2. The molecule has 1 aliphatic heterocycles. The molecular weight excluding hydrogens is 400 g/mol. The number of hydrogen-bond donors (Lipinski definition) is 0. The molecular formula is C22H28N4O5. The molecule has 4 rings (SSSR count). The van der Waals surface area contributed by atoms with Gasteiger partial charge in [0.05, 0.1) is 18.7 Å². The van der Waals surface area contributed by atoms with E-state index in [4.69, 9.17) is 13.9 Å². The highest BCUT2D eigenvalue weighted by atomic mass is 16.5. The number of nitrogens with zero attached hydrogens (tertiary/aromatic N) is 4. The Morgan fingerprint density at radius 2 is 2.03 bits per heavy atom. The number of methoxy groups -OCH3 is 1. The Morgan fingerprint density at radius 1 is 1.23 bits per heavy atom. The summed E-state index contributed by atoms with van der Waals surface area (Å²) in [5.74, 6) is 0.931. The zero-order valence-electron chi connectivity index (χ0n) is 17.7. The van der Waals surface area contributed by atoms with E-state index >= 15 is 0 Å². The lowest BCUT2D eigenvalue weighted by Crippen LogP contribution is -2.39. The number of likely N-dealkylation sites (tertiary alicyclic amines) is 1. The summed E-state index contributed by atoms with van der Waals surface area (Å²) in [7, 11) is 1.65. The lowest BCUT2D eigenvalue weighted by molar-refractivity contribution is -0.132. The second-order valence-electron chi connectivity index (χ2n) is 7.68. The monoisotopic (exact) mass is 428 g/mol. The van der Waals surface area contributed by atoms with Crippen molar-refractivity contribution in [3.05, 3.63) is 53.0 Å². The second-order valence-corrected chi connectivity index (χ2v) is 7.68. The van der Waals surface area contributed by atoms with Gasteiger partial charge in [0.2, 0.25) is 5.91 Å². The van der Waals surface area contributed by atoms with E-state index in [1.807, 2.05) is 33.9 Å². The van der Waals surface area contributed by atoms with Crippen molar-refractivity contribution >= 4 is 17.0 Å². The van der Waals surface area contributed by atoms with Crippen molar-refractivity contribution in [3.8, 4) is 0 Å². The molecule has 166 valence electrons. The van der Waals surface area contributed by atoms with Gasteiger partial charge in [0.1, 0.15) is 12.6 Å². The smallest absolute Gasteiger partial charge is 0.408 e. The Labute approximate surface area is 180 Å².